The van der Waals surface area contributed by atoms with Crippen LogP contribution in [-0.2, 0) is 14.8 Å². The minimum atomic E-state index is -3.58. The van der Waals surface area contributed by atoms with Gasteiger partial charge in [-0.1, -0.05) is 24.1 Å². The van der Waals surface area contributed by atoms with Gasteiger partial charge in [-0.15, -0.1) is 0 Å². The van der Waals surface area contributed by atoms with E-state index in [1.165, 1.54) is 28.6 Å². The van der Waals surface area contributed by atoms with E-state index in [4.69, 9.17) is 9.47 Å². The van der Waals surface area contributed by atoms with Crippen LogP contribution < -0.4 is 19.7 Å². The lowest BCUT2D eigenvalue weighted by molar-refractivity contribution is -0.125. The lowest BCUT2D eigenvalue weighted by atomic mass is 10.1. The Hall–Kier alpha value is -3.89. The van der Waals surface area contributed by atoms with Crippen LogP contribution in [0, 0.1) is 6.92 Å². The summed E-state index contributed by atoms with van der Waals surface area (Å²) in [7, 11) is -3.58. The number of carbonyl (C=O) groups is 2. The fraction of sp³-hybridized carbons (Fsp3) is 0.333. The molecule has 0 radical (unpaired) electrons. The SMILES string of the molecule is Cc1ccc(OCCN2C(=O)C(C)Oc3ccc(NC(=O)c4ccc(S(=O)(=O)N5CCCCC5)cc4)cc32)cc1. The van der Waals surface area contributed by atoms with Crippen molar-refractivity contribution in [1.82, 2.24) is 4.31 Å². The third-order valence-electron chi connectivity index (χ3n) is 7.10. The van der Waals surface area contributed by atoms with Crippen molar-refractivity contribution in [2.75, 3.05) is 36.5 Å². The maximum atomic E-state index is 13.0. The maximum Gasteiger partial charge on any atom is 0.267 e. The largest absolute Gasteiger partial charge is 0.492 e. The normalized spacial score (nSPS) is 17.6. The summed E-state index contributed by atoms with van der Waals surface area (Å²) >= 11 is 0. The molecule has 10 heteroatoms. The number of fused-ring (bicyclic) bond motifs is 1. The Bertz CT molecular complexity index is 1480. The smallest absolute Gasteiger partial charge is 0.267 e. The summed E-state index contributed by atoms with van der Waals surface area (Å²) in [6.07, 6.45) is 2.10. The van der Waals surface area contributed by atoms with Gasteiger partial charge in [0.1, 0.15) is 18.1 Å². The van der Waals surface area contributed by atoms with Gasteiger partial charge in [0.2, 0.25) is 10.0 Å². The highest BCUT2D eigenvalue weighted by Crippen LogP contribution is 2.36. The number of hydrogen-bond donors (Lipinski definition) is 1. The second kappa shape index (κ2) is 11.7. The molecule has 1 N–H and O–H groups in total. The summed E-state index contributed by atoms with van der Waals surface area (Å²) in [5.74, 6) is 0.657. The first-order valence-electron chi connectivity index (χ1n) is 13.5. The Morgan fingerprint density at radius 3 is 2.40 bits per heavy atom. The van der Waals surface area contributed by atoms with E-state index >= 15 is 0 Å². The Balaban J connectivity index is 1.28. The molecule has 1 atom stereocenters. The lowest BCUT2D eigenvalue weighted by Crippen LogP contribution is -2.46. The molecule has 2 aliphatic rings. The molecule has 210 valence electrons. The molecule has 0 spiro atoms. The van der Waals surface area contributed by atoms with Crippen LogP contribution in [0.5, 0.6) is 11.5 Å². The second-order valence-corrected chi connectivity index (χ2v) is 12.0. The van der Waals surface area contributed by atoms with Gasteiger partial charge in [-0.05, 0) is 81.3 Å². The standard InChI is InChI=1S/C30H33N3O6S/c1-21-6-11-25(12-7-21)38-19-18-33-27-20-24(10-15-28(27)39-22(2)30(33)35)31-29(34)23-8-13-26(14-9-23)40(36,37)32-16-4-3-5-17-32/h6-15,20,22H,3-5,16-19H2,1-2H3,(H,31,34). The summed E-state index contributed by atoms with van der Waals surface area (Å²) in [6.45, 7) is 5.32. The Labute approximate surface area is 234 Å². The van der Waals surface area contributed by atoms with Crippen molar-refractivity contribution in [3.05, 3.63) is 77.9 Å². The van der Waals surface area contributed by atoms with Gasteiger partial charge < -0.3 is 19.7 Å². The first kappa shape index (κ1) is 27.7. The van der Waals surface area contributed by atoms with Crippen LogP contribution in [0.4, 0.5) is 11.4 Å². The molecule has 40 heavy (non-hydrogen) atoms. The van der Waals surface area contributed by atoms with Gasteiger partial charge in [-0.2, -0.15) is 4.31 Å². The van der Waals surface area contributed by atoms with E-state index in [0.29, 0.717) is 42.3 Å². The monoisotopic (exact) mass is 563 g/mol. The van der Waals surface area contributed by atoms with E-state index in [9.17, 15) is 18.0 Å². The van der Waals surface area contributed by atoms with Crippen LogP contribution in [0.3, 0.4) is 0 Å². The number of carbonyl (C=O) groups excluding carboxylic acids is 2. The third kappa shape index (κ3) is 5.97. The fourth-order valence-electron chi connectivity index (χ4n) is 4.84. The van der Waals surface area contributed by atoms with Crippen LogP contribution in [0.25, 0.3) is 0 Å². The molecule has 3 aromatic carbocycles. The molecule has 1 unspecified atom stereocenters. The number of benzene rings is 3. The molecule has 0 aliphatic carbocycles. The van der Waals surface area contributed by atoms with Crippen molar-refractivity contribution in [2.45, 2.75) is 44.1 Å². The highest BCUT2D eigenvalue weighted by molar-refractivity contribution is 7.89. The van der Waals surface area contributed by atoms with Crippen LogP contribution in [-0.4, -0.2) is 56.9 Å². The predicted molar refractivity (Wildman–Crippen MR) is 153 cm³/mol. The zero-order chi connectivity index (χ0) is 28.3. The Morgan fingerprint density at radius 1 is 1.00 bits per heavy atom. The number of nitrogens with one attached hydrogen (secondary N) is 1. The van der Waals surface area contributed by atoms with Crippen molar-refractivity contribution < 1.29 is 27.5 Å². The first-order chi connectivity index (χ1) is 19.2. The van der Waals surface area contributed by atoms with Crippen molar-refractivity contribution >= 4 is 33.2 Å². The van der Waals surface area contributed by atoms with Gasteiger partial charge in [0.25, 0.3) is 11.8 Å². The molecule has 0 bridgehead atoms. The molecular weight excluding hydrogens is 530 g/mol. The summed E-state index contributed by atoms with van der Waals surface area (Å²) in [5, 5.41) is 2.84. The Morgan fingerprint density at radius 2 is 1.70 bits per heavy atom. The predicted octanol–water partition coefficient (Wildman–Crippen LogP) is 4.61. The number of rotatable bonds is 8. The summed E-state index contributed by atoms with van der Waals surface area (Å²) in [5.41, 5.74) is 2.46. The third-order valence-corrected chi connectivity index (χ3v) is 9.01. The molecule has 2 aliphatic heterocycles. The van der Waals surface area contributed by atoms with Gasteiger partial charge in [-0.25, -0.2) is 8.42 Å². The number of nitrogens with zero attached hydrogens (tertiary/aromatic N) is 2. The zero-order valence-electron chi connectivity index (χ0n) is 22.6. The van der Waals surface area contributed by atoms with Crippen LogP contribution in [0.15, 0.2) is 71.6 Å². The van der Waals surface area contributed by atoms with E-state index < -0.39 is 22.0 Å². The second-order valence-electron chi connectivity index (χ2n) is 10.0. The number of piperidine rings is 1. The average Bonchev–Trinajstić information content (AvgIpc) is 2.97. The fourth-order valence-corrected chi connectivity index (χ4v) is 6.36. The van der Waals surface area contributed by atoms with Crippen molar-refractivity contribution in [1.29, 1.82) is 0 Å². The molecule has 0 saturated carbocycles. The van der Waals surface area contributed by atoms with E-state index in [1.54, 1.807) is 30.0 Å². The number of sulfonamides is 1. The number of hydrogen-bond acceptors (Lipinski definition) is 6. The maximum absolute atomic E-state index is 13.0. The van der Waals surface area contributed by atoms with Crippen LogP contribution in [0.1, 0.15) is 42.1 Å². The summed E-state index contributed by atoms with van der Waals surface area (Å²) in [6, 6.07) is 18.8. The molecule has 1 saturated heterocycles. The molecule has 3 aromatic rings. The van der Waals surface area contributed by atoms with E-state index in [-0.39, 0.29) is 17.4 Å². The summed E-state index contributed by atoms with van der Waals surface area (Å²) < 4.78 is 39.0. The highest BCUT2D eigenvalue weighted by Gasteiger charge is 2.32. The first-order valence-corrected chi connectivity index (χ1v) is 14.9. The van der Waals surface area contributed by atoms with Crippen molar-refractivity contribution in [2.24, 2.45) is 0 Å². The van der Waals surface area contributed by atoms with E-state index in [0.717, 1.165) is 30.6 Å². The molecule has 0 aromatic heterocycles. The van der Waals surface area contributed by atoms with Gasteiger partial charge in [0, 0.05) is 24.3 Å². The quantitative estimate of drug-likeness (QED) is 0.429. The molecule has 2 heterocycles. The van der Waals surface area contributed by atoms with Crippen molar-refractivity contribution in [3.63, 3.8) is 0 Å². The number of ether oxygens (including phenoxy) is 2. The van der Waals surface area contributed by atoms with Gasteiger partial charge >= 0.3 is 0 Å². The molecule has 1 fully saturated rings. The minimum Gasteiger partial charge on any atom is -0.492 e. The molecule has 9 nitrogen and oxygen atoms in total. The summed E-state index contributed by atoms with van der Waals surface area (Å²) in [4.78, 5) is 27.7. The number of aryl methyl sites for hydroxylation is 1. The zero-order valence-corrected chi connectivity index (χ0v) is 23.4. The van der Waals surface area contributed by atoms with Gasteiger partial charge in [0.15, 0.2) is 6.10 Å². The van der Waals surface area contributed by atoms with Gasteiger partial charge in [-0.3, -0.25) is 9.59 Å². The lowest BCUT2D eigenvalue weighted by Gasteiger charge is -2.33. The van der Waals surface area contributed by atoms with Crippen LogP contribution >= 0.6 is 0 Å². The topological polar surface area (TPSA) is 105 Å². The molecular formula is C30H33N3O6S. The number of anilines is 2. The van der Waals surface area contributed by atoms with Crippen LogP contribution in [0.2, 0.25) is 0 Å². The average molecular weight is 564 g/mol. The van der Waals surface area contributed by atoms with E-state index in [2.05, 4.69) is 5.32 Å². The highest BCUT2D eigenvalue weighted by atomic mass is 32.2. The Kier molecular flexibility index (Phi) is 8.09. The molecule has 5 rings (SSSR count). The van der Waals surface area contributed by atoms with Crippen molar-refractivity contribution in [3.8, 4) is 11.5 Å². The van der Waals surface area contributed by atoms with E-state index in [1.807, 2.05) is 31.2 Å². The number of amides is 2. The minimum absolute atomic E-state index is 0.174. The van der Waals surface area contributed by atoms with Gasteiger partial charge in [0.05, 0.1) is 17.1 Å². The molecule has 2 amide bonds.